The summed E-state index contributed by atoms with van der Waals surface area (Å²) in [5.41, 5.74) is 6.63. The SMILES string of the molecule is COc1cc(/C=N\NC(=O)CSc2nc(C)cc(C)n2)ccc1OCc1ccc(C(=O)N2CCCCC2)cc1. The normalized spacial score (nSPS) is 13.4. The second kappa shape index (κ2) is 13.7. The van der Waals surface area contributed by atoms with E-state index in [4.69, 9.17) is 9.47 Å². The Kier molecular flexibility index (Phi) is 9.91. The summed E-state index contributed by atoms with van der Waals surface area (Å²) in [6.45, 7) is 5.79. The number of amides is 2. The van der Waals surface area contributed by atoms with Crippen molar-refractivity contribution in [3.8, 4) is 11.5 Å². The Balaban J connectivity index is 1.27. The molecule has 0 spiro atoms. The predicted octanol–water partition coefficient (Wildman–Crippen LogP) is 4.55. The number of aromatic nitrogens is 2. The molecule has 204 valence electrons. The number of benzene rings is 2. The van der Waals surface area contributed by atoms with Gasteiger partial charge in [0.05, 0.1) is 19.1 Å². The lowest BCUT2D eigenvalue weighted by molar-refractivity contribution is -0.118. The van der Waals surface area contributed by atoms with Crippen LogP contribution < -0.4 is 14.9 Å². The average molecular weight is 548 g/mol. The van der Waals surface area contributed by atoms with Crippen LogP contribution in [0.4, 0.5) is 0 Å². The van der Waals surface area contributed by atoms with Gasteiger partial charge < -0.3 is 14.4 Å². The maximum Gasteiger partial charge on any atom is 0.253 e. The highest BCUT2D eigenvalue weighted by Gasteiger charge is 2.18. The number of hydrogen-bond acceptors (Lipinski definition) is 8. The van der Waals surface area contributed by atoms with Crippen molar-refractivity contribution in [3.05, 3.63) is 76.6 Å². The number of carbonyl (C=O) groups is 2. The molecule has 0 radical (unpaired) electrons. The number of thioether (sulfide) groups is 1. The van der Waals surface area contributed by atoms with Gasteiger partial charge in [-0.1, -0.05) is 23.9 Å². The predicted molar refractivity (Wildman–Crippen MR) is 151 cm³/mol. The summed E-state index contributed by atoms with van der Waals surface area (Å²) < 4.78 is 11.5. The van der Waals surface area contributed by atoms with Crippen molar-refractivity contribution < 1.29 is 19.1 Å². The lowest BCUT2D eigenvalue weighted by atomic mass is 10.1. The number of ether oxygens (including phenoxy) is 2. The molecule has 10 heteroatoms. The van der Waals surface area contributed by atoms with E-state index in [1.807, 2.05) is 55.1 Å². The van der Waals surface area contributed by atoms with E-state index in [0.717, 1.165) is 48.4 Å². The molecular weight excluding hydrogens is 514 g/mol. The highest BCUT2D eigenvalue weighted by Crippen LogP contribution is 2.28. The number of rotatable bonds is 10. The van der Waals surface area contributed by atoms with Gasteiger partial charge in [-0.2, -0.15) is 5.10 Å². The molecule has 4 rings (SSSR count). The highest BCUT2D eigenvalue weighted by atomic mass is 32.2. The summed E-state index contributed by atoms with van der Waals surface area (Å²) in [6.07, 6.45) is 4.88. The van der Waals surface area contributed by atoms with Crippen LogP contribution >= 0.6 is 11.8 Å². The molecule has 0 aliphatic carbocycles. The summed E-state index contributed by atoms with van der Waals surface area (Å²) in [7, 11) is 1.57. The molecule has 2 heterocycles. The highest BCUT2D eigenvalue weighted by molar-refractivity contribution is 7.99. The molecule has 1 saturated heterocycles. The van der Waals surface area contributed by atoms with Crippen molar-refractivity contribution in [1.82, 2.24) is 20.3 Å². The van der Waals surface area contributed by atoms with Crippen molar-refractivity contribution in [2.24, 2.45) is 5.10 Å². The van der Waals surface area contributed by atoms with E-state index in [-0.39, 0.29) is 17.6 Å². The summed E-state index contributed by atoms with van der Waals surface area (Å²) in [4.78, 5) is 35.4. The molecular formula is C29H33N5O4S. The summed E-state index contributed by atoms with van der Waals surface area (Å²) in [5, 5.41) is 4.60. The first-order chi connectivity index (χ1) is 18.9. The molecule has 3 aromatic rings. The minimum atomic E-state index is -0.255. The van der Waals surface area contributed by atoms with E-state index in [0.29, 0.717) is 28.8 Å². The van der Waals surface area contributed by atoms with Crippen LogP contribution in [0.2, 0.25) is 0 Å². The first kappa shape index (κ1) is 28.1. The maximum absolute atomic E-state index is 12.7. The lowest BCUT2D eigenvalue weighted by Crippen LogP contribution is -2.35. The number of nitrogens with zero attached hydrogens (tertiary/aromatic N) is 4. The Hall–Kier alpha value is -3.92. The molecule has 0 atom stereocenters. The van der Waals surface area contributed by atoms with Crippen LogP contribution in [0.5, 0.6) is 11.5 Å². The molecule has 1 aliphatic rings. The van der Waals surface area contributed by atoms with E-state index in [2.05, 4.69) is 20.5 Å². The van der Waals surface area contributed by atoms with Crippen molar-refractivity contribution >= 4 is 29.8 Å². The zero-order chi connectivity index (χ0) is 27.6. The number of likely N-dealkylation sites (tertiary alicyclic amines) is 1. The minimum absolute atomic E-state index is 0.0893. The summed E-state index contributed by atoms with van der Waals surface area (Å²) in [5.74, 6) is 1.12. The molecule has 0 unspecified atom stereocenters. The first-order valence-electron chi connectivity index (χ1n) is 12.9. The van der Waals surface area contributed by atoms with E-state index >= 15 is 0 Å². The van der Waals surface area contributed by atoms with Gasteiger partial charge >= 0.3 is 0 Å². The van der Waals surface area contributed by atoms with Crippen LogP contribution in [-0.2, 0) is 11.4 Å². The molecule has 0 saturated carbocycles. The quantitative estimate of drug-likeness (QED) is 0.172. The smallest absolute Gasteiger partial charge is 0.253 e. The van der Waals surface area contributed by atoms with Crippen molar-refractivity contribution in [2.45, 2.75) is 44.9 Å². The van der Waals surface area contributed by atoms with Gasteiger partial charge in [0.1, 0.15) is 6.61 Å². The summed E-state index contributed by atoms with van der Waals surface area (Å²) >= 11 is 1.26. The Bertz CT molecular complexity index is 1300. The first-order valence-corrected chi connectivity index (χ1v) is 13.9. The molecule has 2 aromatic carbocycles. The minimum Gasteiger partial charge on any atom is -0.493 e. The van der Waals surface area contributed by atoms with Gasteiger partial charge in [-0.3, -0.25) is 9.59 Å². The van der Waals surface area contributed by atoms with E-state index in [9.17, 15) is 9.59 Å². The third kappa shape index (κ3) is 8.28. The van der Waals surface area contributed by atoms with Crippen LogP contribution in [-0.4, -0.2) is 58.8 Å². The second-order valence-corrected chi connectivity index (χ2v) is 10.2. The zero-order valence-electron chi connectivity index (χ0n) is 22.5. The molecule has 2 amide bonds. The van der Waals surface area contributed by atoms with E-state index in [1.165, 1.54) is 18.2 Å². The number of hydrogen-bond donors (Lipinski definition) is 1. The largest absolute Gasteiger partial charge is 0.493 e. The maximum atomic E-state index is 12.7. The number of aryl methyl sites for hydroxylation is 2. The fourth-order valence-corrected chi connectivity index (χ4v) is 4.91. The Labute approximate surface area is 233 Å². The van der Waals surface area contributed by atoms with Crippen LogP contribution in [0.3, 0.4) is 0 Å². The number of piperidine rings is 1. The lowest BCUT2D eigenvalue weighted by Gasteiger charge is -2.26. The average Bonchev–Trinajstić information content (AvgIpc) is 2.95. The fourth-order valence-electron chi connectivity index (χ4n) is 4.17. The molecule has 1 N–H and O–H groups in total. The Morgan fingerprint density at radius 2 is 1.72 bits per heavy atom. The molecule has 9 nitrogen and oxygen atoms in total. The van der Waals surface area contributed by atoms with Gasteiger partial charge in [0.15, 0.2) is 16.7 Å². The number of hydrazone groups is 1. The molecule has 1 fully saturated rings. The van der Waals surface area contributed by atoms with Crippen LogP contribution in [0.1, 0.15) is 52.1 Å². The topological polar surface area (TPSA) is 106 Å². The monoisotopic (exact) mass is 547 g/mol. The molecule has 1 aliphatic heterocycles. The zero-order valence-corrected chi connectivity index (χ0v) is 23.3. The molecule has 39 heavy (non-hydrogen) atoms. The van der Waals surface area contributed by atoms with Gasteiger partial charge in [0, 0.05) is 30.0 Å². The van der Waals surface area contributed by atoms with Crippen molar-refractivity contribution in [2.75, 3.05) is 26.0 Å². The van der Waals surface area contributed by atoms with Gasteiger partial charge in [-0.15, -0.1) is 0 Å². The van der Waals surface area contributed by atoms with Gasteiger partial charge in [0.25, 0.3) is 11.8 Å². The Morgan fingerprint density at radius 1 is 1.00 bits per heavy atom. The van der Waals surface area contributed by atoms with Crippen LogP contribution in [0, 0.1) is 13.8 Å². The van der Waals surface area contributed by atoms with Crippen molar-refractivity contribution in [1.29, 1.82) is 0 Å². The van der Waals surface area contributed by atoms with Gasteiger partial charge in [-0.25, -0.2) is 15.4 Å². The molecule has 0 bridgehead atoms. The van der Waals surface area contributed by atoms with Gasteiger partial charge in [0.2, 0.25) is 0 Å². The molecule has 1 aromatic heterocycles. The fraction of sp³-hybridized carbons (Fsp3) is 0.345. The van der Waals surface area contributed by atoms with E-state index in [1.54, 1.807) is 25.5 Å². The summed E-state index contributed by atoms with van der Waals surface area (Å²) in [6, 6.07) is 14.8. The second-order valence-electron chi connectivity index (χ2n) is 9.26. The van der Waals surface area contributed by atoms with Crippen LogP contribution in [0.15, 0.2) is 58.8 Å². The van der Waals surface area contributed by atoms with Crippen LogP contribution in [0.25, 0.3) is 0 Å². The number of methoxy groups -OCH3 is 1. The number of nitrogens with one attached hydrogen (secondary N) is 1. The third-order valence-electron chi connectivity index (χ3n) is 6.12. The van der Waals surface area contributed by atoms with E-state index < -0.39 is 0 Å². The van der Waals surface area contributed by atoms with Crippen molar-refractivity contribution in [3.63, 3.8) is 0 Å². The third-order valence-corrected chi connectivity index (χ3v) is 6.97. The number of carbonyl (C=O) groups excluding carboxylic acids is 2. The Morgan fingerprint density at radius 3 is 2.41 bits per heavy atom. The standard InChI is InChI=1S/C29H33N5O4S/c1-20-15-21(2)32-29(31-20)39-19-27(35)33-30-17-23-9-12-25(26(16-23)37-3)38-18-22-7-10-24(11-8-22)28(36)34-13-5-4-6-14-34/h7-12,15-17H,4-6,13-14,18-19H2,1-3H3,(H,33,35)/b30-17-. The van der Waals surface area contributed by atoms with Gasteiger partial charge in [-0.05, 0) is 80.6 Å².